The number of fused-ring (bicyclic) bond motifs is 1. The second kappa shape index (κ2) is 5.03. The quantitative estimate of drug-likeness (QED) is 0.848. The molecule has 1 atom stereocenters. The third-order valence-electron chi connectivity index (χ3n) is 4.89. The number of carbonyl (C=O) groups is 1. The van der Waals surface area contributed by atoms with Crippen molar-refractivity contribution < 1.29 is 13.7 Å². The highest BCUT2D eigenvalue weighted by atomic mass is 19.1. The van der Waals surface area contributed by atoms with E-state index >= 15 is 0 Å². The first kappa shape index (κ1) is 15.1. The predicted octanol–water partition coefficient (Wildman–Crippen LogP) is 4.32. The molecule has 1 N–H and O–H groups in total. The molecule has 0 saturated heterocycles. The molecule has 4 nitrogen and oxygen atoms in total. The van der Waals surface area contributed by atoms with Gasteiger partial charge in [-0.2, -0.15) is 0 Å². The molecule has 0 spiro atoms. The van der Waals surface area contributed by atoms with Crippen LogP contribution in [0.3, 0.4) is 0 Å². The number of nitrogens with zero attached hydrogens (tertiary/aromatic N) is 1. The predicted molar refractivity (Wildman–Crippen MR) is 88.2 cm³/mol. The lowest BCUT2D eigenvalue weighted by molar-refractivity contribution is -0.118. The van der Waals surface area contributed by atoms with Gasteiger partial charge in [-0.25, -0.2) is 4.39 Å². The number of anilines is 1. The van der Waals surface area contributed by atoms with Crippen LogP contribution in [0.5, 0.6) is 0 Å². The van der Waals surface area contributed by atoms with E-state index in [1.165, 1.54) is 6.07 Å². The Labute approximate surface area is 139 Å². The largest absolute Gasteiger partial charge is 0.338 e. The van der Waals surface area contributed by atoms with Crippen molar-refractivity contribution in [3.05, 3.63) is 58.2 Å². The Bertz CT molecular complexity index is 879. The van der Waals surface area contributed by atoms with Crippen LogP contribution in [0.4, 0.5) is 10.3 Å². The topological polar surface area (TPSA) is 55.1 Å². The molecule has 0 fully saturated rings. The van der Waals surface area contributed by atoms with Crippen LogP contribution in [-0.4, -0.2) is 10.9 Å². The zero-order chi connectivity index (χ0) is 17.1. The van der Waals surface area contributed by atoms with Crippen LogP contribution in [0.1, 0.15) is 49.4 Å². The zero-order valence-corrected chi connectivity index (χ0v) is 13.9. The van der Waals surface area contributed by atoms with Crippen LogP contribution in [0.15, 0.2) is 40.1 Å². The van der Waals surface area contributed by atoms with E-state index < -0.39 is 5.92 Å². The van der Waals surface area contributed by atoms with Gasteiger partial charge in [0.1, 0.15) is 5.82 Å². The smallest absolute Gasteiger partial charge is 0.233 e. The van der Waals surface area contributed by atoms with Gasteiger partial charge in [-0.3, -0.25) is 4.79 Å². The monoisotopic (exact) mass is 326 g/mol. The number of allylic oxidation sites excluding steroid dienone is 2. The molecule has 2 heterocycles. The molecular weight excluding hydrogens is 307 g/mol. The van der Waals surface area contributed by atoms with Gasteiger partial charge in [0, 0.05) is 29.2 Å². The summed E-state index contributed by atoms with van der Waals surface area (Å²) < 4.78 is 19.9. The number of aromatic nitrogens is 1. The molecule has 4 rings (SSSR count). The van der Waals surface area contributed by atoms with Crippen molar-refractivity contribution in [1.29, 1.82) is 0 Å². The first-order valence-electron chi connectivity index (χ1n) is 8.11. The fourth-order valence-electron chi connectivity index (χ4n) is 3.89. The lowest BCUT2D eigenvalue weighted by Gasteiger charge is -2.37. The van der Waals surface area contributed by atoms with Crippen molar-refractivity contribution in [2.75, 3.05) is 5.32 Å². The molecule has 1 aromatic heterocycles. The van der Waals surface area contributed by atoms with Crippen molar-refractivity contribution in [3.8, 4) is 0 Å². The van der Waals surface area contributed by atoms with Gasteiger partial charge in [0.15, 0.2) is 5.78 Å². The lowest BCUT2D eigenvalue weighted by Crippen LogP contribution is -2.33. The van der Waals surface area contributed by atoms with Crippen LogP contribution < -0.4 is 5.32 Å². The lowest BCUT2D eigenvalue weighted by atomic mass is 9.69. The van der Waals surface area contributed by atoms with Gasteiger partial charge >= 0.3 is 0 Å². The number of ketones is 1. The summed E-state index contributed by atoms with van der Waals surface area (Å²) in [5, 5.41) is 7.26. The van der Waals surface area contributed by atoms with Crippen LogP contribution in [0.25, 0.3) is 0 Å². The minimum Gasteiger partial charge on any atom is -0.338 e. The van der Waals surface area contributed by atoms with Gasteiger partial charge in [-0.05, 0) is 24.8 Å². The molecular formula is C19H19FN2O2. The molecule has 2 aliphatic rings. The van der Waals surface area contributed by atoms with Crippen molar-refractivity contribution in [2.45, 2.75) is 39.5 Å². The molecule has 24 heavy (non-hydrogen) atoms. The summed E-state index contributed by atoms with van der Waals surface area (Å²) in [6.07, 6.45) is 1.18. The maximum Gasteiger partial charge on any atom is 0.233 e. The molecule has 0 radical (unpaired) electrons. The van der Waals surface area contributed by atoms with Crippen LogP contribution >= 0.6 is 0 Å². The molecule has 0 bridgehead atoms. The Morgan fingerprint density at radius 2 is 2.04 bits per heavy atom. The molecule has 5 heteroatoms. The summed E-state index contributed by atoms with van der Waals surface area (Å²) in [7, 11) is 0. The van der Waals surface area contributed by atoms with E-state index in [1.807, 2.05) is 6.92 Å². The van der Waals surface area contributed by atoms with Crippen molar-refractivity contribution in [1.82, 2.24) is 5.16 Å². The molecule has 2 aromatic rings. The van der Waals surface area contributed by atoms with Gasteiger partial charge in [-0.1, -0.05) is 37.2 Å². The average molecular weight is 326 g/mol. The van der Waals surface area contributed by atoms with E-state index in [4.69, 9.17) is 4.52 Å². The SMILES string of the molecule is Cc1noc2c1C(c1ccccc1F)C1=C(CC(C)(C)CC1=O)N2. The number of aryl methyl sites for hydroxylation is 1. The number of carbonyl (C=O) groups excluding carboxylic acids is 1. The van der Waals surface area contributed by atoms with Crippen molar-refractivity contribution >= 4 is 11.7 Å². The minimum absolute atomic E-state index is 0.0632. The third kappa shape index (κ3) is 2.19. The van der Waals surface area contributed by atoms with Gasteiger partial charge < -0.3 is 9.84 Å². The number of halogens is 1. The maximum absolute atomic E-state index is 14.5. The Balaban J connectivity index is 1.97. The number of nitrogens with one attached hydrogen (secondary N) is 1. The van der Waals surface area contributed by atoms with Gasteiger partial charge in [-0.15, -0.1) is 0 Å². The highest BCUT2D eigenvalue weighted by Gasteiger charge is 2.43. The molecule has 1 aromatic carbocycles. The highest BCUT2D eigenvalue weighted by Crippen LogP contribution is 2.50. The van der Waals surface area contributed by atoms with E-state index in [0.29, 0.717) is 29.1 Å². The van der Waals surface area contributed by atoms with Crippen molar-refractivity contribution in [3.63, 3.8) is 0 Å². The second-order valence-electron chi connectivity index (χ2n) is 7.42. The first-order chi connectivity index (χ1) is 11.4. The molecule has 124 valence electrons. The van der Waals surface area contributed by atoms with Gasteiger partial charge in [0.25, 0.3) is 0 Å². The van der Waals surface area contributed by atoms with E-state index in [2.05, 4.69) is 24.3 Å². The molecule has 0 amide bonds. The molecule has 1 unspecified atom stereocenters. The van der Waals surface area contributed by atoms with E-state index in [9.17, 15) is 9.18 Å². The summed E-state index contributed by atoms with van der Waals surface area (Å²) in [5.41, 5.74) is 3.27. The normalized spacial score (nSPS) is 22.0. The van der Waals surface area contributed by atoms with Gasteiger partial charge in [0.2, 0.25) is 5.88 Å². The Morgan fingerprint density at radius 3 is 2.79 bits per heavy atom. The van der Waals surface area contributed by atoms with Crippen LogP contribution in [0.2, 0.25) is 0 Å². The van der Waals surface area contributed by atoms with E-state index in [0.717, 1.165) is 17.7 Å². The highest BCUT2D eigenvalue weighted by molar-refractivity contribution is 6.01. The number of Topliss-reactive ketones (excluding diaryl/α,β-unsaturated/α-hetero) is 1. The third-order valence-corrected chi connectivity index (χ3v) is 4.89. The molecule has 0 saturated carbocycles. The van der Waals surface area contributed by atoms with Gasteiger partial charge in [0.05, 0.1) is 11.3 Å². The standard InChI is InChI=1S/C19H19FN2O2/c1-10-15-16(11-6-4-5-7-12(11)20)17-13(21-18(15)24-22-10)8-19(2,3)9-14(17)23/h4-7,16,21H,8-9H2,1-3H3. The average Bonchev–Trinajstić information content (AvgIpc) is 2.86. The number of hydrogen-bond acceptors (Lipinski definition) is 4. The number of rotatable bonds is 1. The Hall–Kier alpha value is -2.43. The summed E-state index contributed by atoms with van der Waals surface area (Å²) >= 11 is 0. The van der Waals surface area contributed by atoms with Crippen LogP contribution in [-0.2, 0) is 4.79 Å². The summed E-state index contributed by atoms with van der Waals surface area (Å²) in [6.45, 7) is 5.95. The fourth-order valence-corrected chi connectivity index (χ4v) is 3.89. The van der Waals surface area contributed by atoms with E-state index in [1.54, 1.807) is 18.2 Å². The summed E-state index contributed by atoms with van der Waals surface area (Å²) in [5.74, 6) is -0.203. The minimum atomic E-state index is -0.465. The maximum atomic E-state index is 14.5. The second-order valence-corrected chi connectivity index (χ2v) is 7.42. The number of hydrogen-bond donors (Lipinski definition) is 1. The van der Waals surface area contributed by atoms with Crippen molar-refractivity contribution in [2.24, 2.45) is 5.41 Å². The first-order valence-corrected chi connectivity index (χ1v) is 8.11. The number of benzene rings is 1. The van der Waals surface area contributed by atoms with E-state index in [-0.39, 0.29) is 17.0 Å². The Morgan fingerprint density at radius 1 is 1.29 bits per heavy atom. The van der Waals surface area contributed by atoms with Crippen LogP contribution in [0, 0.1) is 18.2 Å². The zero-order valence-electron chi connectivity index (χ0n) is 13.9. The summed E-state index contributed by atoms with van der Waals surface area (Å²) in [4.78, 5) is 12.9. The molecule has 1 aliphatic heterocycles. The molecule has 1 aliphatic carbocycles. The Kier molecular flexibility index (Phi) is 3.17. The fraction of sp³-hybridized carbons (Fsp3) is 0.368. The summed E-state index contributed by atoms with van der Waals surface area (Å²) in [6, 6.07) is 6.61.